The number of benzene rings is 3. The highest BCUT2D eigenvalue weighted by molar-refractivity contribution is 6.31. The van der Waals surface area contributed by atoms with E-state index in [1.807, 2.05) is 6.92 Å². The van der Waals surface area contributed by atoms with Crippen LogP contribution in [0.3, 0.4) is 0 Å². The second-order valence-corrected chi connectivity index (χ2v) is 6.95. The molecular formula is C23H19ClFNO4. The maximum Gasteiger partial charge on any atom is 0.337 e. The smallest absolute Gasteiger partial charge is 0.337 e. The molecule has 0 fully saturated rings. The number of amides is 1. The maximum atomic E-state index is 13.4. The zero-order valence-electron chi connectivity index (χ0n) is 16.3. The fourth-order valence-corrected chi connectivity index (χ4v) is 2.98. The highest BCUT2D eigenvalue weighted by Crippen LogP contribution is 2.29. The number of carbonyl (C=O) groups is 2. The van der Waals surface area contributed by atoms with Crippen molar-refractivity contribution in [1.82, 2.24) is 5.32 Å². The fraction of sp³-hybridized carbons (Fsp3) is 0.130. The van der Waals surface area contributed by atoms with Gasteiger partial charge in [0.2, 0.25) is 0 Å². The molecule has 0 aromatic heterocycles. The van der Waals surface area contributed by atoms with Crippen LogP contribution < -0.4 is 10.1 Å². The molecule has 1 amide bonds. The number of rotatable bonds is 6. The highest BCUT2D eigenvalue weighted by atomic mass is 35.5. The number of nitrogens with one attached hydrogen (secondary N) is 1. The Balaban J connectivity index is 1.79. The van der Waals surface area contributed by atoms with Crippen LogP contribution in [0.25, 0.3) is 0 Å². The minimum absolute atomic E-state index is 0.213. The molecule has 0 saturated carbocycles. The van der Waals surface area contributed by atoms with Gasteiger partial charge < -0.3 is 14.8 Å². The minimum atomic E-state index is -0.448. The Morgan fingerprint density at radius 3 is 2.43 bits per heavy atom. The Labute approximate surface area is 178 Å². The van der Waals surface area contributed by atoms with Crippen LogP contribution in [-0.2, 0) is 4.74 Å². The van der Waals surface area contributed by atoms with E-state index >= 15 is 0 Å². The van der Waals surface area contributed by atoms with E-state index in [2.05, 4.69) is 10.1 Å². The summed E-state index contributed by atoms with van der Waals surface area (Å²) < 4.78 is 23.8. The molecule has 0 saturated heterocycles. The van der Waals surface area contributed by atoms with E-state index in [1.54, 1.807) is 42.5 Å². The van der Waals surface area contributed by atoms with Gasteiger partial charge in [-0.05, 0) is 55.0 Å². The van der Waals surface area contributed by atoms with Gasteiger partial charge in [-0.2, -0.15) is 0 Å². The van der Waals surface area contributed by atoms with E-state index in [1.165, 1.54) is 31.4 Å². The molecule has 0 aliphatic rings. The van der Waals surface area contributed by atoms with Crippen molar-refractivity contribution in [3.63, 3.8) is 0 Å². The minimum Gasteiger partial charge on any atom is -0.465 e. The normalized spacial score (nSPS) is 11.5. The molecule has 3 rings (SSSR count). The van der Waals surface area contributed by atoms with Crippen LogP contribution in [-0.4, -0.2) is 19.0 Å². The first-order valence-corrected chi connectivity index (χ1v) is 9.47. The summed E-state index contributed by atoms with van der Waals surface area (Å²) in [4.78, 5) is 24.4. The quantitative estimate of drug-likeness (QED) is 0.524. The number of methoxy groups -OCH3 is 1. The molecule has 7 heteroatoms. The Hall–Kier alpha value is -3.38. The molecule has 3 aromatic carbocycles. The average molecular weight is 428 g/mol. The van der Waals surface area contributed by atoms with Gasteiger partial charge in [0.25, 0.3) is 5.91 Å². The Morgan fingerprint density at radius 2 is 1.77 bits per heavy atom. The molecule has 0 bridgehead atoms. The number of carbonyl (C=O) groups excluding carboxylic acids is 2. The molecule has 0 spiro atoms. The monoisotopic (exact) mass is 427 g/mol. The summed E-state index contributed by atoms with van der Waals surface area (Å²) >= 11 is 6.06. The molecule has 1 N–H and O–H groups in total. The van der Waals surface area contributed by atoms with Crippen molar-refractivity contribution < 1.29 is 23.5 Å². The molecular weight excluding hydrogens is 409 g/mol. The second-order valence-electron chi connectivity index (χ2n) is 6.51. The molecule has 30 heavy (non-hydrogen) atoms. The highest BCUT2D eigenvalue weighted by Gasteiger charge is 2.18. The van der Waals surface area contributed by atoms with Gasteiger partial charge in [-0.25, -0.2) is 9.18 Å². The van der Waals surface area contributed by atoms with Crippen molar-refractivity contribution in [2.75, 3.05) is 7.11 Å². The molecule has 3 aromatic rings. The standard InChI is InChI=1S/C23H19ClFNO4/c1-14(15-6-8-16(9-7-15)23(28)29-2)26-22(27)20-12-17(24)10-11-21(20)30-19-5-3-4-18(25)13-19/h3-14H,1-2H3,(H,26,27)/t14-/m0/s1. The van der Waals surface area contributed by atoms with Crippen LogP contribution in [0.5, 0.6) is 11.5 Å². The molecule has 0 radical (unpaired) electrons. The fourth-order valence-electron chi connectivity index (χ4n) is 2.81. The van der Waals surface area contributed by atoms with Gasteiger partial charge >= 0.3 is 5.97 Å². The van der Waals surface area contributed by atoms with E-state index in [4.69, 9.17) is 16.3 Å². The summed E-state index contributed by atoms with van der Waals surface area (Å²) in [7, 11) is 1.31. The lowest BCUT2D eigenvalue weighted by atomic mass is 10.1. The summed E-state index contributed by atoms with van der Waals surface area (Å²) in [5.41, 5.74) is 1.43. The largest absolute Gasteiger partial charge is 0.465 e. The van der Waals surface area contributed by atoms with Crippen LogP contribution in [0.1, 0.15) is 39.2 Å². The average Bonchev–Trinajstić information content (AvgIpc) is 2.74. The van der Waals surface area contributed by atoms with Gasteiger partial charge in [0.1, 0.15) is 17.3 Å². The molecule has 0 heterocycles. The number of hydrogen-bond acceptors (Lipinski definition) is 4. The van der Waals surface area contributed by atoms with Crippen molar-refractivity contribution in [2.24, 2.45) is 0 Å². The lowest BCUT2D eigenvalue weighted by molar-refractivity contribution is 0.0600. The van der Waals surface area contributed by atoms with E-state index in [9.17, 15) is 14.0 Å². The predicted molar refractivity (Wildman–Crippen MR) is 112 cm³/mol. The van der Waals surface area contributed by atoms with E-state index in [-0.39, 0.29) is 23.1 Å². The van der Waals surface area contributed by atoms with E-state index in [0.717, 1.165) is 5.56 Å². The van der Waals surface area contributed by atoms with Crippen LogP contribution in [0.15, 0.2) is 66.7 Å². The third kappa shape index (κ3) is 5.15. The topological polar surface area (TPSA) is 64.6 Å². The van der Waals surface area contributed by atoms with Crippen molar-refractivity contribution in [3.05, 3.63) is 94.3 Å². The van der Waals surface area contributed by atoms with Crippen molar-refractivity contribution in [3.8, 4) is 11.5 Å². The Morgan fingerprint density at radius 1 is 1.03 bits per heavy atom. The lowest BCUT2D eigenvalue weighted by Gasteiger charge is -2.17. The van der Waals surface area contributed by atoms with Crippen LogP contribution in [0, 0.1) is 5.82 Å². The van der Waals surface area contributed by atoms with Crippen LogP contribution in [0.4, 0.5) is 4.39 Å². The van der Waals surface area contributed by atoms with Gasteiger partial charge in [0.15, 0.2) is 0 Å². The maximum absolute atomic E-state index is 13.4. The molecule has 154 valence electrons. The number of esters is 1. The molecule has 1 atom stereocenters. The summed E-state index contributed by atoms with van der Waals surface area (Å²) in [6.07, 6.45) is 0. The number of hydrogen-bond donors (Lipinski definition) is 1. The van der Waals surface area contributed by atoms with Crippen molar-refractivity contribution >= 4 is 23.5 Å². The first kappa shape index (κ1) is 21.3. The lowest BCUT2D eigenvalue weighted by Crippen LogP contribution is -2.27. The number of halogens is 2. The van der Waals surface area contributed by atoms with Crippen molar-refractivity contribution in [1.29, 1.82) is 0 Å². The molecule has 0 unspecified atom stereocenters. The van der Waals surface area contributed by atoms with Gasteiger partial charge in [-0.1, -0.05) is 29.8 Å². The predicted octanol–water partition coefficient (Wildman–Crippen LogP) is 5.55. The van der Waals surface area contributed by atoms with Gasteiger partial charge in [0.05, 0.1) is 24.3 Å². The van der Waals surface area contributed by atoms with Crippen LogP contribution in [0.2, 0.25) is 5.02 Å². The van der Waals surface area contributed by atoms with Crippen molar-refractivity contribution in [2.45, 2.75) is 13.0 Å². The zero-order chi connectivity index (χ0) is 21.7. The van der Waals surface area contributed by atoms with E-state index in [0.29, 0.717) is 10.6 Å². The summed E-state index contributed by atoms with van der Waals surface area (Å²) in [5, 5.41) is 3.23. The first-order valence-electron chi connectivity index (χ1n) is 9.09. The van der Waals surface area contributed by atoms with Gasteiger partial charge in [-0.3, -0.25) is 4.79 Å². The summed E-state index contributed by atoms with van der Waals surface area (Å²) in [6, 6.07) is 16.6. The number of ether oxygens (including phenoxy) is 2. The molecule has 0 aliphatic heterocycles. The third-order valence-corrected chi connectivity index (χ3v) is 4.62. The Bertz CT molecular complexity index is 1070. The second kappa shape index (κ2) is 9.41. The van der Waals surface area contributed by atoms with Gasteiger partial charge in [-0.15, -0.1) is 0 Å². The van der Waals surface area contributed by atoms with Gasteiger partial charge in [0, 0.05) is 11.1 Å². The SMILES string of the molecule is COC(=O)c1ccc([C@H](C)NC(=O)c2cc(Cl)ccc2Oc2cccc(F)c2)cc1. The third-order valence-electron chi connectivity index (χ3n) is 4.39. The molecule has 5 nitrogen and oxygen atoms in total. The van der Waals surface area contributed by atoms with E-state index < -0.39 is 17.7 Å². The summed E-state index contributed by atoms with van der Waals surface area (Å²) in [6.45, 7) is 1.81. The molecule has 0 aliphatic carbocycles. The summed E-state index contributed by atoms with van der Waals surface area (Å²) in [5.74, 6) is -0.783. The van der Waals surface area contributed by atoms with Crippen LogP contribution >= 0.6 is 11.6 Å². The zero-order valence-corrected chi connectivity index (χ0v) is 17.1. The first-order chi connectivity index (χ1) is 14.4. The Kier molecular flexibility index (Phi) is 6.69.